The fourth-order valence-electron chi connectivity index (χ4n) is 1.44. The summed E-state index contributed by atoms with van der Waals surface area (Å²) in [6.07, 6.45) is 1.21. The summed E-state index contributed by atoms with van der Waals surface area (Å²) >= 11 is 0. The van der Waals surface area contributed by atoms with E-state index in [1.54, 1.807) is 0 Å². The van der Waals surface area contributed by atoms with Gasteiger partial charge >= 0.3 is 0 Å². The zero-order valence-electron chi connectivity index (χ0n) is 9.72. The summed E-state index contributed by atoms with van der Waals surface area (Å²) < 4.78 is 0. The Labute approximate surface area is 83.0 Å². The SMILES string of the molecule is C=C(NCC)N(C)[C@H](C)CC(C)C. The van der Waals surface area contributed by atoms with Crippen molar-refractivity contribution >= 4 is 0 Å². The van der Waals surface area contributed by atoms with E-state index in [-0.39, 0.29) is 0 Å². The molecule has 13 heavy (non-hydrogen) atoms. The lowest BCUT2D eigenvalue weighted by atomic mass is 10.0. The van der Waals surface area contributed by atoms with Crippen molar-refractivity contribution in [2.24, 2.45) is 5.92 Å². The van der Waals surface area contributed by atoms with Crippen molar-refractivity contribution in [1.29, 1.82) is 0 Å². The molecule has 0 rings (SSSR count). The van der Waals surface area contributed by atoms with Crippen LogP contribution in [0, 0.1) is 5.92 Å². The highest BCUT2D eigenvalue weighted by Gasteiger charge is 2.11. The molecule has 1 atom stereocenters. The highest BCUT2D eigenvalue weighted by Crippen LogP contribution is 2.11. The summed E-state index contributed by atoms with van der Waals surface area (Å²) in [7, 11) is 2.10. The fourth-order valence-corrected chi connectivity index (χ4v) is 1.44. The number of hydrogen-bond acceptors (Lipinski definition) is 2. The summed E-state index contributed by atoms with van der Waals surface area (Å²) in [4.78, 5) is 2.21. The second-order valence-corrected chi connectivity index (χ2v) is 4.07. The maximum absolute atomic E-state index is 3.99. The van der Waals surface area contributed by atoms with Crippen molar-refractivity contribution in [3.05, 3.63) is 12.4 Å². The number of rotatable bonds is 6. The molecule has 2 nitrogen and oxygen atoms in total. The van der Waals surface area contributed by atoms with E-state index in [1.165, 1.54) is 6.42 Å². The van der Waals surface area contributed by atoms with Gasteiger partial charge in [0.05, 0.1) is 5.82 Å². The first-order chi connectivity index (χ1) is 5.99. The molecule has 0 aliphatic heterocycles. The number of hydrogen-bond donors (Lipinski definition) is 1. The van der Waals surface area contributed by atoms with Gasteiger partial charge in [0.25, 0.3) is 0 Å². The normalized spacial score (nSPS) is 12.8. The van der Waals surface area contributed by atoms with Crippen LogP contribution in [0.2, 0.25) is 0 Å². The summed E-state index contributed by atoms with van der Waals surface area (Å²) in [5.41, 5.74) is 0. The van der Waals surface area contributed by atoms with E-state index in [1.807, 2.05) is 0 Å². The first kappa shape index (κ1) is 12.3. The molecule has 2 heteroatoms. The van der Waals surface area contributed by atoms with Crippen molar-refractivity contribution in [3.8, 4) is 0 Å². The van der Waals surface area contributed by atoms with Crippen LogP contribution in [0.5, 0.6) is 0 Å². The third-order valence-electron chi connectivity index (χ3n) is 2.28. The summed E-state index contributed by atoms with van der Waals surface area (Å²) in [6.45, 7) is 13.8. The molecule has 78 valence electrons. The van der Waals surface area contributed by atoms with E-state index in [4.69, 9.17) is 0 Å². The molecule has 0 bridgehead atoms. The summed E-state index contributed by atoms with van der Waals surface area (Å²) in [5, 5.41) is 3.23. The molecule has 0 fully saturated rings. The predicted octanol–water partition coefficient (Wildman–Crippen LogP) is 2.43. The van der Waals surface area contributed by atoms with E-state index in [0.29, 0.717) is 6.04 Å². The molecule has 1 N–H and O–H groups in total. The molecular formula is C11H24N2. The van der Waals surface area contributed by atoms with Gasteiger partial charge in [-0.2, -0.15) is 0 Å². The largest absolute Gasteiger partial charge is 0.373 e. The van der Waals surface area contributed by atoms with Crippen LogP contribution in [0.4, 0.5) is 0 Å². The second kappa shape index (κ2) is 5.90. The molecule has 0 aromatic heterocycles. The summed E-state index contributed by atoms with van der Waals surface area (Å²) in [5.74, 6) is 1.77. The minimum Gasteiger partial charge on any atom is -0.373 e. The van der Waals surface area contributed by atoms with Crippen molar-refractivity contribution in [3.63, 3.8) is 0 Å². The van der Waals surface area contributed by atoms with Gasteiger partial charge in [0.2, 0.25) is 0 Å². The zero-order chi connectivity index (χ0) is 10.4. The van der Waals surface area contributed by atoms with Crippen molar-refractivity contribution in [2.75, 3.05) is 13.6 Å². The van der Waals surface area contributed by atoms with Crippen LogP contribution >= 0.6 is 0 Å². The van der Waals surface area contributed by atoms with Crippen LogP contribution in [0.3, 0.4) is 0 Å². The van der Waals surface area contributed by atoms with Gasteiger partial charge in [0.1, 0.15) is 0 Å². The van der Waals surface area contributed by atoms with Crippen molar-refractivity contribution in [1.82, 2.24) is 10.2 Å². The highest BCUT2D eigenvalue weighted by molar-refractivity contribution is 4.91. The van der Waals surface area contributed by atoms with Crippen LogP contribution in [-0.4, -0.2) is 24.5 Å². The molecule has 0 aliphatic rings. The minimum absolute atomic E-state index is 0.562. The third-order valence-corrected chi connectivity index (χ3v) is 2.28. The minimum atomic E-state index is 0.562. The van der Waals surface area contributed by atoms with Crippen LogP contribution in [0.25, 0.3) is 0 Å². The second-order valence-electron chi connectivity index (χ2n) is 4.07. The van der Waals surface area contributed by atoms with Crippen LogP contribution < -0.4 is 5.32 Å². The average molecular weight is 184 g/mol. The molecule has 0 aliphatic carbocycles. The first-order valence-electron chi connectivity index (χ1n) is 5.14. The molecule has 0 saturated carbocycles. The lowest BCUT2D eigenvalue weighted by molar-refractivity contribution is 0.267. The zero-order valence-corrected chi connectivity index (χ0v) is 9.72. The summed E-state index contributed by atoms with van der Waals surface area (Å²) in [6, 6.07) is 0.562. The number of nitrogens with one attached hydrogen (secondary N) is 1. The predicted molar refractivity (Wildman–Crippen MR) is 59.5 cm³/mol. The third kappa shape index (κ3) is 4.81. The van der Waals surface area contributed by atoms with Crippen LogP contribution in [0.1, 0.15) is 34.1 Å². The van der Waals surface area contributed by atoms with E-state index in [9.17, 15) is 0 Å². The van der Waals surface area contributed by atoms with E-state index in [0.717, 1.165) is 18.3 Å². The smallest absolute Gasteiger partial charge is 0.0938 e. The number of nitrogens with zero attached hydrogens (tertiary/aromatic N) is 1. The van der Waals surface area contributed by atoms with Gasteiger partial charge in [0.15, 0.2) is 0 Å². The Morgan fingerprint density at radius 1 is 1.38 bits per heavy atom. The van der Waals surface area contributed by atoms with Gasteiger partial charge in [-0.3, -0.25) is 0 Å². The highest BCUT2D eigenvalue weighted by atomic mass is 15.2. The molecule has 0 saturated heterocycles. The Morgan fingerprint density at radius 2 is 1.92 bits per heavy atom. The van der Waals surface area contributed by atoms with Crippen LogP contribution in [-0.2, 0) is 0 Å². The topological polar surface area (TPSA) is 15.3 Å². The van der Waals surface area contributed by atoms with Gasteiger partial charge in [-0.25, -0.2) is 0 Å². The molecule has 0 spiro atoms. The molecule has 0 heterocycles. The Bertz CT molecular complexity index is 152. The standard InChI is InChI=1S/C11H24N2/c1-7-12-11(5)13(6)10(4)8-9(2)3/h9-10,12H,5,7-8H2,1-4,6H3/t10-/m1/s1. The van der Waals surface area contributed by atoms with Gasteiger partial charge in [-0.15, -0.1) is 0 Å². The Morgan fingerprint density at radius 3 is 2.31 bits per heavy atom. The first-order valence-corrected chi connectivity index (χ1v) is 5.14. The Hall–Kier alpha value is -0.660. The Balaban J connectivity index is 3.93. The molecule has 0 aromatic rings. The molecule has 0 unspecified atom stereocenters. The average Bonchev–Trinajstić information content (AvgIpc) is 2.02. The monoisotopic (exact) mass is 184 g/mol. The maximum Gasteiger partial charge on any atom is 0.0938 e. The van der Waals surface area contributed by atoms with E-state index < -0.39 is 0 Å². The molecular weight excluding hydrogens is 160 g/mol. The lowest BCUT2D eigenvalue weighted by Crippen LogP contribution is -2.35. The van der Waals surface area contributed by atoms with E-state index in [2.05, 4.69) is 51.5 Å². The van der Waals surface area contributed by atoms with Gasteiger partial charge in [-0.05, 0) is 26.2 Å². The van der Waals surface area contributed by atoms with Crippen molar-refractivity contribution < 1.29 is 0 Å². The molecule has 0 radical (unpaired) electrons. The lowest BCUT2D eigenvalue weighted by Gasteiger charge is -2.30. The van der Waals surface area contributed by atoms with Gasteiger partial charge in [0, 0.05) is 19.6 Å². The molecule has 0 amide bonds. The van der Waals surface area contributed by atoms with Crippen LogP contribution in [0.15, 0.2) is 12.4 Å². The van der Waals surface area contributed by atoms with Gasteiger partial charge in [-0.1, -0.05) is 20.4 Å². The quantitative estimate of drug-likeness (QED) is 0.682. The Kier molecular flexibility index (Phi) is 5.60. The van der Waals surface area contributed by atoms with Gasteiger partial charge < -0.3 is 10.2 Å². The van der Waals surface area contributed by atoms with Crippen molar-refractivity contribution in [2.45, 2.75) is 40.2 Å². The fraction of sp³-hybridized carbons (Fsp3) is 0.818. The maximum atomic E-state index is 3.99. The van der Waals surface area contributed by atoms with E-state index >= 15 is 0 Å². The molecule has 0 aromatic carbocycles.